The van der Waals surface area contributed by atoms with Gasteiger partial charge in [-0.3, -0.25) is 0 Å². The Bertz CT molecular complexity index is 783. The van der Waals surface area contributed by atoms with Crippen molar-refractivity contribution < 1.29 is 8.42 Å². The molecule has 0 unspecified atom stereocenters. The van der Waals surface area contributed by atoms with Gasteiger partial charge in [-0.1, -0.05) is 6.07 Å². The van der Waals surface area contributed by atoms with Crippen LogP contribution in [0.4, 0.5) is 11.5 Å². The maximum Gasteiger partial charge on any atom is 0.240 e. The normalized spacial score (nSPS) is 11.7. The molecular formula is C13H14BrClN4O2S. The summed E-state index contributed by atoms with van der Waals surface area (Å²) in [6, 6.07) is 6.24. The van der Waals surface area contributed by atoms with E-state index < -0.39 is 10.0 Å². The van der Waals surface area contributed by atoms with E-state index in [2.05, 4.69) is 35.9 Å². The fraction of sp³-hybridized carbons (Fsp3) is 0.231. The van der Waals surface area contributed by atoms with Crippen LogP contribution in [0.2, 0.25) is 5.28 Å². The zero-order valence-electron chi connectivity index (χ0n) is 11.8. The standard InChI is InChI=1S/C13H14BrClN4O2S/c1-8(2)19-22(20,21)10-5-3-4-9(6-10)17-12-11(14)7-16-13(15)18-12/h3-8,19H,1-2H3,(H,16,17,18). The topological polar surface area (TPSA) is 84.0 Å². The Hall–Kier alpha value is -1.22. The summed E-state index contributed by atoms with van der Waals surface area (Å²) < 4.78 is 27.5. The molecule has 0 saturated carbocycles. The molecule has 0 atom stereocenters. The Labute approximate surface area is 142 Å². The van der Waals surface area contributed by atoms with E-state index in [9.17, 15) is 8.42 Å². The van der Waals surface area contributed by atoms with E-state index in [1.54, 1.807) is 26.0 Å². The number of benzene rings is 1. The average molecular weight is 406 g/mol. The number of sulfonamides is 1. The van der Waals surface area contributed by atoms with Crippen LogP contribution in [-0.4, -0.2) is 24.4 Å². The number of nitrogens with one attached hydrogen (secondary N) is 2. The molecule has 0 spiro atoms. The predicted molar refractivity (Wildman–Crippen MR) is 89.9 cm³/mol. The van der Waals surface area contributed by atoms with E-state index in [4.69, 9.17) is 11.6 Å². The first-order valence-corrected chi connectivity index (χ1v) is 9.01. The second kappa shape index (κ2) is 6.91. The summed E-state index contributed by atoms with van der Waals surface area (Å²) >= 11 is 9.06. The summed E-state index contributed by atoms with van der Waals surface area (Å²) in [6.07, 6.45) is 1.51. The lowest BCUT2D eigenvalue weighted by atomic mass is 10.3. The fourth-order valence-corrected chi connectivity index (χ4v) is 3.41. The van der Waals surface area contributed by atoms with Gasteiger partial charge in [0.1, 0.15) is 5.82 Å². The Morgan fingerprint density at radius 3 is 2.73 bits per heavy atom. The number of rotatable bonds is 5. The lowest BCUT2D eigenvalue weighted by molar-refractivity contribution is 0.570. The number of nitrogens with zero attached hydrogens (tertiary/aromatic N) is 2. The number of anilines is 2. The molecule has 0 radical (unpaired) electrons. The van der Waals surface area contributed by atoms with Gasteiger partial charge in [0.25, 0.3) is 0 Å². The highest BCUT2D eigenvalue weighted by atomic mass is 79.9. The van der Waals surface area contributed by atoms with Gasteiger partial charge in [-0.2, -0.15) is 4.98 Å². The average Bonchev–Trinajstić information content (AvgIpc) is 2.42. The quantitative estimate of drug-likeness (QED) is 0.746. The largest absolute Gasteiger partial charge is 0.339 e. The van der Waals surface area contributed by atoms with Crippen molar-refractivity contribution in [3.8, 4) is 0 Å². The van der Waals surface area contributed by atoms with Crippen molar-refractivity contribution in [2.45, 2.75) is 24.8 Å². The molecule has 1 aromatic heterocycles. The Balaban J connectivity index is 2.31. The summed E-state index contributed by atoms with van der Waals surface area (Å²) in [7, 11) is -3.55. The Morgan fingerprint density at radius 1 is 1.32 bits per heavy atom. The van der Waals surface area contributed by atoms with Crippen LogP contribution in [0, 0.1) is 0 Å². The molecule has 0 fully saturated rings. The van der Waals surface area contributed by atoms with Crippen LogP contribution in [0.5, 0.6) is 0 Å². The summed E-state index contributed by atoms with van der Waals surface area (Å²) in [5.41, 5.74) is 0.571. The molecule has 2 rings (SSSR count). The van der Waals surface area contributed by atoms with Gasteiger partial charge in [-0.15, -0.1) is 0 Å². The van der Waals surface area contributed by atoms with E-state index >= 15 is 0 Å². The third kappa shape index (κ3) is 4.39. The monoisotopic (exact) mass is 404 g/mol. The van der Waals surface area contributed by atoms with Crippen LogP contribution in [0.25, 0.3) is 0 Å². The second-order valence-electron chi connectivity index (χ2n) is 4.76. The summed E-state index contributed by atoms with van der Waals surface area (Å²) in [5, 5.41) is 3.10. The number of hydrogen-bond donors (Lipinski definition) is 2. The minimum Gasteiger partial charge on any atom is -0.339 e. The lowest BCUT2D eigenvalue weighted by Crippen LogP contribution is -2.30. The van der Waals surface area contributed by atoms with Gasteiger partial charge in [-0.05, 0) is 59.6 Å². The summed E-state index contributed by atoms with van der Waals surface area (Å²) in [4.78, 5) is 8.04. The number of aromatic nitrogens is 2. The lowest BCUT2D eigenvalue weighted by Gasteiger charge is -2.12. The van der Waals surface area contributed by atoms with Crippen molar-refractivity contribution in [3.63, 3.8) is 0 Å². The fourth-order valence-electron chi connectivity index (χ4n) is 1.69. The molecule has 1 heterocycles. The van der Waals surface area contributed by atoms with Gasteiger partial charge in [0, 0.05) is 17.9 Å². The van der Waals surface area contributed by atoms with Crippen molar-refractivity contribution >= 4 is 49.1 Å². The third-order valence-electron chi connectivity index (χ3n) is 2.51. The van der Waals surface area contributed by atoms with Crippen LogP contribution >= 0.6 is 27.5 Å². The number of halogens is 2. The highest BCUT2D eigenvalue weighted by Gasteiger charge is 2.16. The van der Waals surface area contributed by atoms with Crippen LogP contribution < -0.4 is 10.0 Å². The zero-order valence-corrected chi connectivity index (χ0v) is 15.0. The maximum absolute atomic E-state index is 12.2. The Morgan fingerprint density at radius 2 is 2.05 bits per heavy atom. The Kier molecular flexibility index (Phi) is 5.38. The molecule has 6 nitrogen and oxygen atoms in total. The van der Waals surface area contributed by atoms with Gasteiger partial charge < -0.3 is 5.32 Å². The molecule has 1 aromatic carbocycles. The molecule has 0 bridgehead atoms. The summed E-state index contributed by atoms with van der Waals surface area (Å²) in [5.74, 6) is 0.450. The first-order chi connectivity index (χ1) is 10.3. The van der Waals surface area contributed by atoms with Crippen LogP contribution in [-0.2, 0) is 10.0 Å². The minimum atomic E-state index is -3.55. The highest BCUT2D eigenvalue weighted by molar-refractivity contribution is 9.10. The van der Waals surface area contributed by atoms with Gasteiger partial charge in [0.05, 0.1) is 9.37 Å². The molecule has 118 valence electrons. The smallest absolute Gasteiger partial charge is 0.240 e. The molecule has 0 aliphatic rings. The van der Waals surface area contributed by atoms with Crippen molar-refractivity contribution in [2.24, 2.45) is 0 Å². The van der Waals surface area contributed by atoms with Crippen molar-refractivity contribution in [2.75, 3.05) is 5.32 Å². The zero-order chi connectivity index (χ0) is 16.3. The molecular weight excluding hydrogens is 392 g/mol. The van der Waals surface area contributed by atoms with Gasteiger partial charge >= 0.3 is 0 Å². The van der Waals surface area contributed by atoms with E-state index in [0.29, 0.717) is 16.0 Å². The van der Waals surface area contributed by atoms with E-state index in [0.717, 1.165) is 0 Å². The van der Waals surface area contributed by atoms with E-state index in [1.165, 1.54) is 18.3 Å². The third-order valence-corrected chi connectivity index (χ3v) is 4.93. The summed E-state index contributed by atoms with van der Waals surface area (Å²) in [6.45, 7) is 3.53. The van der Waals surface area contributed by atoms with Crippen molar-refractivity contribution in [1.82, 2.24) is 14.7 Å². The molecule has 2 aromatic rings. The highest BCUT2D eigenvalue weighted by Crippen LogP contribution is 2.25. The van der Waals surface area contributed by atoms with Crippen molar-refractivity contribution in [1.29, 1.82) is 0 Å². The van der Waals surface area contributed by atoms with Gasteiger partial charge in [0.15, 0.2) is 0 Å². The molecule has 9 heteroatoms. The molecule has 2 N–H and O–H groups in total. The first kappa shape index (κ1) is 17.1. The molecule has 0 aliphatic carbocycles. The van der Waals surface area contributed by atoms with E-state index in [1.807, 2.05) is 0 Å². The predicted octanol–water partition coefficient (Wildman–Crippen LogP) is 3.32. The molecule has 0 saturated heterocycles. The molecule has 0 amide bonds. The van der Waals surface area contributed by atoms with E-state index in [-0.39, 0.29) is 16.2 Å². The second-order valence-corrected chi connectivity index (χ2v) is 7.67. The van der Waals surface area contributed by atoms with Gasteiger partial charge in [-0.25, -0.2) is 18.1 Å². The van der Waals surface area contributed by atoms with Gasteiger partial charge in [0.2, 0.25) is 15.3 Å². The first-order valence-electron chi connectivity index (χ1n) is 6.35. The molecule has 22 heavy (non-hydrogen) atoms. The maximum atomic E-state index is 12.2. The minimum absolute atomic E-state index is 0.0935. The molecule has 0 aliphatic heterocycles. The van der Waals surface area contributed by atoms with Crippen molar-refractivity contribution in [3.05, 3.63) is 40.2 Å². The van der Waals surface area contributed by atoms with Crippen LogP contribution in [0.15, 0.2) is 39.8 Å². The SMILES string of the molecule is CC(C)NS(=O)(=O)c1cccc(Nc2nc(Cl)ncc2Br)c1. The number of hydrogen-bond acceptors (Lipinski definition) is 5. The van der Waals surface area contributed by atoms with Crippen LogP contribution in [0.3, 0.4) is 0 Å². The van der Waals surface area contributed by atoms with Crippen LogP contribution in [0.1, 0.15) is 13.8 Å².